The Labute approximate surface area is 220 Å². The molecule has 2 aromatic heterocycles. The second-order valence-electron chi connectivity index (χ2n) is 10.4. The van der Waals surface area contributed by atoms with Gasteiger partial charge in [0, 0.05) is 48.0 Å². The van der Waals surface area contributed by atoms with Gasteiger partial charge in [-0.3, -0.25) is 14.9 Å². The lowest BCUT2D eigenvalue weighted by molar-refractivity contribution is -0.146. The number of anilines is 1. The van der Waals surface area contributed by atoms with E-state index < -0.39 is 11.5 Å². The number of likely N-dealkylation sites (N-methyl/N-ethyl adjacent to an activating group) is 1. The van der Waals surface area contributed by atoms with E-state index in [4.69, 9.17) is 16.6 Å². The second-order valence-corrected chi connectivity index (χ2v) is 11.9. The molecule has 0 aromatic carbocycles. The first-order valence-electron chi connectivity index (χ1n) is 12.1. The first-order chi connectivity index (χ1) is 17.0. The zero-order valence-electron chi connectivity index (χ0n) is 20.8. The molecule has 10 heteroatoms. The summed E-state index contributed by atoms with van der Waals surface area (Å²) >= 11 is 7.32. The fraction of sp³-hybridized carbons (Fsp3) is 0.538. The fourth-order valence-corrected chi connectivity index (χ4v) is 7.28. The Morgan fingerprint density at radius 3 is 2.83 bits per heavy atom. The third-order valence-electron chi connectivity index (χ3n) is 8.31. The topological polar surface area (TPSA) is 116 Å². The lowest BCUT2D eigenvalue weighted by Gasteiger charge is -2.58. The highest BCUT2D eigenvalue weighted by Gasteiger charge is 2.59. The van der Waals surface area contributed by atoms with Gasteiger partial charge in [0.25, 0.3) is 5.91 Å². The number of amides is 2. The molecule has 194 valence electrons. The van der Waals surface area contributed by atoms with Gasteiger partial charge in [-0.15, -0.1) is 17.9 Å². The molecule has 2 aliphatic carbocycles. The number of fused-ring (bicyclic) bond motifs is 2. The van der Waals surface area contributed by atoms with Crippen LogP contribution in [0.1, 0.15) is 60.0 Å². The third kappa shape index (κ3) is 4.69. The summed E-state index contributed by atoms with van der Waals surface area (Å²) in [4.78, 5) is 37.4. The van der Waals surface area contributed by atoms with Crippen LogP contribution in [0.2, 0.25) is 5.15 Å². The first-order valence-corrected chi connectivity index (χ1v) is 13.3. The molecule has 0 aliphatic heterocycles. The lowest BCUT2D eigenvalue weighted by Crippen LogP contribution is -2.57. The fourth-order valence-electron chi connectivity index (χ4n) is 6.04. The number of nitrogens with one attached hydrogen (secondary N) is 1. The number of rotatable bonds is 7. The molecule has 1 fully saturated rings. The summed E-state index contributed by atoms with van der Waals surface area (Å²) < 4.78 is 0. The molecule has 1 saturated carbocycles. The summed E-state index contributed by atoms with van der Waals surface area (Å²) in [6.45, 7) is 8.12. The van der Waals surface area contributed by atoms with Gasteiger partial charge in [0.15, 0.2) is 5.13 Å². The molecule has 5 atom stereocenters. The molecule has 0 bridgehead atoms. The Morgan fingerprint density at radius 1 is 1.42 bits per heavy atom. The Morgan fingerprint density at radius 2 is 2.17 bits per heavy atom. The minimum Gasteiger partial charge on any atom is -0.396 e. The van der Waals surface area contributed by atoms with Gasteiger partial charge in [0.2, 0.25) is 5.91 Å². The van der Waals surface area contributed by atoms with Crippen molar-refractivity contribution in [2.24, 2.45) is 16.7 Å². The molecule has 36 heavy (non-hydrogen) atoms. The van der Waals surface area contributed by atoms with E-state index in [0.29, 0.717) is 36.5 Å². The molecular formula is C26H33ClN4O4S. The molecule has 2 aromatic rings. The summed E-state index contributed by atoms with van der Waals surface area (Å²) in [6.07, 6.45) is 4.65. The highest BCUT2D eigenvalue weighted by molar-refractivity contribution is 7.15. The lowest BCUT2D eigenvalue weighted by atomic mass is 9.47. The van der Waals surface area contributed by atoms with E-state index in [1.165, 1.54) is 23.6 Å². The zero-order chi connectivity index (χ0) is 26.3. The van der Waals surface area contributed by atoms with Crippen LogP contribution >= 0.6 is 22.9 Å². The summed E-state index contributed by atoms with van der Waals surface area (Å²) in [5.74, 6) is -0.643. The predicted molar refractivity (Wildman–Crippen MR) is 140 cm³/mol. The molecule has 2 heterocycles. The molecule has 0 unspecified atom stereocenters. The number of carbonyl (C=O) groups excluding carboxylic acids is 2. The van der Waals surface area contributed by atoms with Gasteiger partial charge in [-0.1, -0.05) is 31.5 Å². The smallest absolute Gasteiger partial charge is 0.257 e. The number of thiazole rings is 1. The number of aromatic nitrogens is 2. The number of aliphatic hydroxyl groups is 2. The molecular weight excluding hydrogens is 500 g/mol. The van der Waals surface area contributed by atoms with Crippen molar-refractivity contribution in [1.82, 2.24) is 14.9 Å². The number of nitrogens with zero attached hydrogens (tertiary/aromatic N) is 3. The first kappa shape index (κ1) is 26.7. The van der Waals surface area contributed by atoms with Crippen LogP contribution in [0, 0.1) is 16.7 Å². The number of aliphatic hydroxyl groups excluding tert-OH is 2. The Kier molecular flexibility index (Phi) is 7.57. The van der Waals surface area contributed by atoms with Crippen molar-refractivity contribution in [2.45, 2.75) is 51.6 Å². The summed E-state index contributed by atoms with van der Waals surface area (Å²) in [5.41, 5.74) is 0.124. The quantitative estimate of drug-likeness (QED) is 0.368. The largest absolute Gasteiger partial charge is 0.396 e. The average molecular weight is 533 g/mol. The summed E-state index contributed by atoms with van der Waals surface area (Å²) in [6, 6.07) is 3.07. The van der Waals surface area contributed by atoms with Crippen LogP contribution in [0.3, 0.4) is 0 Å². The molecule has 2 aliphatic rings. The molecule has 0 spiro atoms. The molecule has 4 rings (SSSR count). The van der Waals surface area contributed by atoms with Gasteiger partial charge < -0.3 is 15.1 Å². The molecule has 2 amide bonds. The van der Waals surface area contributed by atoms with E-state index in [-0.39, 0.29) is 47.2 Å². The number of hydrogen-bond donors (Lipinski definition) is 3. The van der Waals surface area contributed by atoms with Crippen LogP contribution in [-0.4, -0.2) is 63.2 Å². The van der Waals surface area contributed by atoms with E-state index >= 15 is 0 Å². The summed E-state index contributed by atoms with van der Waals surface area (Å²) in [5, 5.41) is 24.8. The van der Waals surface area contributed by atoms with Crippen molar-refractivity contribution in [1.29, 1.82) is 0 Å². The maximum absolute atomic E-state index is 13.2. The molecule has 0 saturated heterocycles. The van der Waals surface area contributed by atoms with Crippen LogP contribution in [0.25, 0.3) is 0 Å². The average Bonchev–Trinajstić information content (AvgIpc) is 3.25. The van der Waals surface area contributed by atoms with Crippen molar-refractivity contribution in [3.8, 4) is 0 Å². The van der Waals surface area contributed by atoms with Crippen molar-refractivity contribution >= 4 is 39.9 Å². The number of pyridine rings is 1. The van der Waals surface area contributed by atoms with Crippen LogP contribution in [-0.2, 0) is 11.2 Å². The van der Waals surface area contributed by atoms with Crippen LogP contribution < -0.4 is 5.32 Å². The van der Waals surface area contributed by atoms with E-state index in [0.717, 1.165) is 10.6 Å². The second kappa shape index (κ2) is 10.2. The maximum Gasteiger partial charge on any atom is 0.257 e. The zero-order valence-corrected chi connectivity index (χ0v) is 22.4. The SMILES string of the molecule is C=CCN(C)C(=O)C[C@@H]1c2nc(NC(=O)c3ccnc(Cl)c3)sc2C[C@@H]2[C@](C)(CO)[C@H](O)CC[C@]21C. The van der Waals surface area contributed by atoms with E-state index in [1.54, 1.807) is 24.1 Å². The normalized spacial score (nSPS) is 29.1. The standard InChI is InChI=1S/C26H33ClN4O4S/c1-5-10-31(4)21(34)12-16-22-17(13-18-25(16,2)8-6-19(33)26(18,3)14-32)36-24(29-22)30-23(35)15-7-9-28-20(27)11-15/h5,7,9,11,16,18-19,32-33H,1,6,8,10,12-14H2,2-4H3,(H,29,30,35)/t16-,18+,19-,25+,26+/m1/s1. The van der Waals surface area contributed by atoms with Gasteiger partial charge in [0.05, 0.1) is 18.4 Å². The van der Waals surface area contributed by atoms with Crippen molar-refractivity contribution in [2.75, 3.05) is 25.5 Å². The third-order valence-corrected chi connectivity index (χ3v) is 9.53. The monoisotopic (exact) mass is 532 g/mol. The van der Waals surface area contributed by atoms with E-state index in [1.807, 2.05) is 6.92 Å². The van der Waals surface area contributed by atoms with Gasteiger partial charge in [-0.2, -0.15) is 0 Å². The molecule has 8 nitrogen and oxygen atoms in total. The van der Waals surface area contributed by atoms with Crippen LogP contribution in [0.4, 0.5) is 5.13 Å². The van der Waals surface area contributed by atoms with Crippen molar-refractivity contribution in [3.05, 3.63) is 52.3 Å². The van der Waals surface area contributed by atoms with Crippen LogP contribution in [0.5, 0.6) is 0 Å². The molecule has 0 radical (unpaired) electrons. The summed E-state index contributed by atoms with van der Waals surface area (Å²) in [7, 11) is 1.75. The van der Waals surface area contributed by atoms with Gasteiger partial charge >= 0.3 is 0 Å². The van der Waals surface area contributed by atoms with Crippen molar-refractivity contribution < 1.29 is 19.8 Å². The minimum absolute atomic E-state index is 0.0189. The Balaban J connectivity index is 1.72. The molecule has 3 N–H and O–H groups in total. The highest BCUT2D eigenvalue weighted by Crippen LogP contribution is 2.62. The number of carbonyl (C=O) groups is 2. The predicted octanol–water partition coefficient (Wildman–Crippen LogP) is 3.89. The van der Waals surface area contributed by atoms with Gasteiger partial charge in [0.1, 0.15) is 5.15 Å². The number of halogens is 1. The highest BCUT2D eigenvalue weighted by atomic mass is 35.5. The van der Waals surface area contributed by atoms with Gasteiger partial charge in [-0.25, -0.2) is 9.97 Å². The maximum atomic E-state index is 13.2. The Bertz CT molecular complexity index is 1170. The van der Waals surface area contributed by atoms with E-state index in [2.05, 4.69) is 23.8 Å². The van der Waals surface area contributed by atoms with Crippen molar-refractivity contribution in [3.63, 3.8) is 0 Å². The minimum atomic E-state index is -0.708. The Hall–Kier alpha value is -2.33. The number of hydrogen-bond acceptors (Lipinski definition) is 7. The van der Waals surface area contributed by atoms with Crippen LogP contribution in [0.15, 0.2) is 31.0 Å². The van der Waals surface area contributed by atoms with E-state index in [9.17, 15) is 19.8 Å². The van der Waals surface area contributed by atoms with Gasteiger partial charge in [-0.05, 0) is 42.7 Å².